The van der Waals surface area contributed by atoms with Crippen molar-refractivity contribution in [3.05, 3.63) is 11.3 Å². The van der Waals surface area contributed by atoms with Crippen LogP contribution in [0.5, 0.6) is 0 Å². The summed E-state index contributed by atoms with van der Waals surface area (Å²) in [5, 5.41) is 9.90. The first-order valence-electron chi connectivity index (χ1n) is 6.70. The minimum absolute atomic E-state index is 0.0514. The van der Waals surface area contributed by atoms with Gasteiger partial charge >= 0.3 is 11.9 Å². The molecule has 0 saturated carbocycles. The molecule has 2 heterocycles. The number of β-lactam (4-membered cyclic amide) rings is 1. The van der Waals surface area contributed by atoms with E-state index in [1.54, 1.807) is 27.7 Å². The lowest BCUT2D eigenvalue weighted by molar-refractivity contribution is -0.173. The Labute approximate surface area is 122 Å². The van der Waals surface area contributed by atoms with E-state index < -0.39 is 30.3 Å². The third-order valence-corrected chi connectivity index (χ3v) is 3.59. The number of esters is 2. The summed E-state index contributed by atoms with van der Waals surface area (Å²) in [7, 11) is 0. The first-order chi connectivity index (χ1) is 9.64. The standard InChI is InChI=1S/C14H19NO6/c1-7-10(15-8(11(7)17)5-9(15)16)12(18)20-6-21-13(19)14(2,3)4/h8,11,17H,5-6H2,1-4H3/t8-,11?/m0/s1. The Morgan fingerprint density at radius 3 is 2.48 bits per heavy atom. The van der Waals surface area contributed by atoms with Gasteiger partial charge in [-0.25, -0.2) is 4.79 Å². The van der Waals surface area contributed by atoms with Crippen molar-refractivity contribution >= 4 is 17.8 Å². The molecule has 1 fully saturated rings. The predicted octanol–water partition coefficient (Wildman–Crippen LogP) is 0.326. The van der Waals surface area contributed by atoms with Gasteiger partial charge < -0.3 is 14.6 Å². The second kappa shape index (κ2) is 5.14. The maximum Gasteiger partial charge on any atom is 0.357 e. The van der Waals surface area contributed by atoms with Crippen molar-refractivity contribution in [2.24, 2.45) is 5.41 Å². The van der Waals surface area contributed by atoms with Gasteiger partial charge in [0.25, 0.3) is 0 Å². The zero-order valence-electron chi connectivity index (χ0n) is 12.5. The molecule has 116 valence electrons. The van der Waals surface area contributed by atoms with Gasteiger partial charge in [0.05, 0.1) is 24.0 Å². The fourth-order valence-corrected chi connectivity index (χ4v) is 2.28. The van der Waals surface area contributed by atoms with E-state index >= 15 is 0 Å². The molecule has 2 atom stereocenters. The maximum absolute atomic E-state index is 12.0. The van der Waals surface area contributed by atoms with Crippen LogP contribution < -0.4 is 0 Å². The Morgan fingerprint density at radius 1 is 1.33 bits per heavy atom. The molecule has 0 spiro atoms. The van der Waals surface area contributed by atoms with E-state index in [1.165, 1.54) is 4.90 Å². The average Bonchev–Trinajstić information content (AvgIpc) is 2.57. The number of fused-ring (bicyclic) bond motifs is 1. The summed E-state index contributed by atoms with van der Waals surface area (Å²) < 4.78 is 9.70. The van der Waals surface area contributed by atoms with Gasteiger partial charge in [-0.2, -0.15) is 0 Å². The van der Waals surface area contributed by atoms with E-state index in [9.17, 15) is 19.5 Å². The lowest BCUT2D eigenvalue weighted by Gasteiger charge is -2.36. The van der Waals surface area contributed by atoms with Crippen LogP contribution in [-0.4, -0.2) is 46.8 Å². The normalized spacial score (nSPS) is 24.6. The van der Waals surface area contributed by atoms with Crippen molar-refractivity contribution < 1.29 is 29.0 Å². The first kappa shape index (κ1) is 15.5. The zero-order chi connectivity index (χ0) is 15.9. The Bertz CT molecular complexity index is 530. The fourth-order valence-electron chi connectivity index (χ4n) is 2.28. The molecule has 7 nitrogen and oxygen atoms in total. The Morgan fingerprint density at radius 2 is 1.95 bits per heavy atom. The second-order valence-corrected chi connectivity index (χ2v) is 6.24. The van der Waals surface area contributed by atoms with Gasteiger partial charge in [0, 0.05) is 0 Å². The molecule has 7 heteroatoms. The van der Waals surface area contributed by atoms with Crippen molar-refractivity contribution in [2.45, 2.75) is 46.3 Å². The minimum atomic E-state index is -0.845. The molecule has 1 unspecified atom stereocenters. The number of aliphatic hydroxyl groups is 1. The largest absolute Gasteiger partial charge is 0.427 e. The van der Waals surface area contributed by atoms with Gasteiger partial charge in [-0.1, -0.05) is 0 Å². The SMILES string of the molecule is CC1=C(C(=O)OCOC(=O)C(C)(C)C)N2C(=O)C[C@H]2C1O. The highest BCUT2D eigenvalue weighted by molar-refractivity contribution is 5.99. The maximum atomic E-state index is 12.0. The average molecular weight is 297 g/mol. The van der Waals surface area contributed by atoms with Crippen LogP contribution >= 0.6 is 0 Å². The Balaban J connectivity index is 1.95. The molecule has 2 rings (SSSR count). The highest BCUT2D eigenvalue weighted by atomic mass is 16.7. The number of carbonyl (C=O) groups is 3. The van der Waals surface area contributed by atoms with Crippen molar-refractivity contribution in [3.8, 4) is 0 Å². The highest BCUT2D eigenvalue weighted by Crippen LogP contribution is 2.38. The summed E-state index contributed by atoms with van der Waals surface area (Å²) in [6.07, 6.45) is -0.628. The van der Waals surface area contributed by atoms with Crippen molar-refractivity contribution in [3.63, 3.8) is 0 Å². The quantitative estimate of drug-likeness (QED) is 0.458. The zero-order valence-corrected chi connectivity index (χ0v) is 12.5. The smallest absolute Gasteiger partial charge is 0.357 e. The Hall–Kier alpha value is -1.89. The summed E-state index contributed by atoms with van der Waals surface area (Å²) in [6, 6.07) is -0.378. The highest BCUT2D eigenvalue weighted by Gasteiger charge is 2.52. The molecule has 0 aromatic heterocycles. The predicted molar refractivity (Wildman–Crippen MR) is 70.5 cm³/mol. The van der Waals surface area contributed by atoms with Crippen LogP contribution in [0.3, 0.4) is 0 Å². The molecule has 1 saturated heterocycles. The van der Waals surface area contributed by atoms with Gasteiger partial charge in [0.1, 0.15) is 5.70 Å². The third-order valence-electron chi connectivity index (χ3n) is 3.59. The topological polar surface area (TPSA) is 93.1 Å². The van der Waals surface area contributed by atoms with E-state index in [-0.39, 0.29) is 24.1 Å². The van der Waals surface area contributed by atoms with E-state index in [2.05, 4.69) is 0 Å². The third kappa shape index (κ3) is 2.65. The van der Waals surface area contributed by atoms with Crippen molar-refractivity contribution in [1.82, 2.24) is 4.90 Å². The van der Waals surface area contributed by atoms with E-state index in [1.807, 2.05) is 0 Å². The summed E-state index contributed by atoms with van der Waals surface area (Å²) in [4.78, 5) is 36.3. The number of nitrogens with zero attached hydrogens (tertiary/aromatic N) is 1. The molecule has 2 aliphatic heterocycles. The van der Waals surface area contributed by atoms with Crippen molar-refractivity contribution in [1.29, 1.82) is 0 Å². The monoisotopic (exact) mass is 297 g/mol. The molecular formula is C14H19NO6. The molecular weight excluding hydrogens is 278 g/mol. The molecule has 0 aromatic carbocycles. The van der Waals surface area contributed by atoms with Crippen LogP contribution in [0.25, 0.3) is 0 Å². The van der Waals surface area contributed by atoms with E-state index in [4.69, 9.17) is 9.47 Å². The fraction of sp³-hybridized carbons (Fsp3) is 0.643. The van der Waals surface area contributed by atoms with Crippen LogP contribution in [0.1, 0.15) is 34.1 Å². The van der Waals surface area contributed by atoms with Crippen LogP contribution in [0, 0.1) is 5.41 Å². The first-order valence-corrected chi connectivity index (χ1v) is 6.70. The summed E-state index contributed by atoms with van der Waals surface area (Å²) in [6.45, 7) is 6.10. The van der Waals surface area contributed by atoms with E-state index in [0.29, 0.717) is 5.57 Å². The van der Waals surface area contributed by atoms with E-state index in [0.717, 1.165) is 0 Å². The number of hydrogen-bond acceptors (Lipinski definition) is 6. The van der Waals surface area contributed by atoms with Crippen LogP contribution in [0.4, 0.5) is 0 Å². The van der Waals surface area contributed by atoms with Crippen LogP contribution in [0.2, 0.25) is 0 Å². The molecule has 1 amide bonds. The van der Waals surface area contributed by atoms with Crippen LogP contribution in [-0.2, 0) is 23.9 Å². The number of carbonyl (C=O) groups excluding carboxylic acids is 3. The van der Waals surface area contributed by atoms with Crippen molar-refractivity contribution in [2.75, 3.05) is 6.79 Å². The molecule has 0 radical (unpaired) electrons. The number of ether oxygens (including phenoxy) is 2. The summed E-state index contributed by atoms with van der Waals surface area (Å²) >= 11 is 0. The second-order valence-electron chi connectivity index (χ2n) is 6.24. The molecule has 0 bridgehead atoms. The lowest BCUT2D eigenvalue weighted by Crippen LogP contribution is -2.53. The van der Waals surface area contributed by atoms with Gasteiger partial charge in [-0.3, -0.25) is 14.5 Å². The van der Waals surface area contributed by atoms with Crippen LogP contribution in [0.15, 0.2) is 11.3 Å². The lowest BCUT2D eigenvalue weighted by atomic mass is 9.98. The summed E-state index contributed by atoms with van der Waals surface area (Å²) in [5.74, 6) is -1.50. The number of amides is 1. The summed E-state index contributed by atoms with van der Waals surface area (Å²) in [5.41, 5.74) is -0.238. The number of aliphatic hydroxyl groups excluding tert-OH is 1. The van der Waals surface area contributed by atoms with Gasteiger partial charge in [0.15, 0.2) is 0 Å². The molecule has 0 aromatic rings. The van der Waals surface area contributed by atoms with Gasteiger partial charge in [-0.05, 0) is 33.3 Å². The Kier molecular flexibility index (Phi) is 3.79. The number of rotatable bonds is 3. The molecule has 0 aliphatic carbocycles. The minimum Gasteiger partial charge on any atom is -0.427 e. The molecule has 1 N–H and O–H groups in total. The molecule has 21 heavy (non-hydrogen) atoms. The van der Waals surface area contributed by atoms with Gasteiger partial charge in [-0.15, -0.1) is 0 Å². The molecule has 2 aliphatic rings. The van der Waals surface area contributed by atoms with Gasteiger partial charge in [0.2, 0.25) is 12.7 Å². The number of hydrogen-bond donors (Lipinski definition) is 1.